The van der Waals surface area contributed by atoms with E-state index in [0.717, 1.165) is 24.1 Å². The van der Waals surface area contributed by atoms with Gasteiger partial charge < -0.3 is 10.3 Å². The van der Waals surface area contributed by atoms with E-state index in [1.54, 1.807) is 0 Å². The molecule has 2 aromatic rings. The molecule has 0 saturated carbocycles. The van der Waals surface area contributed by atoms with Crippen LogP contribution in [0.1, 0.15) is 30.3 Å². The Balaban J connectivity index is 2.59. The number of rotatable bonds is 3. The van der Waals surface area contributed by atoms with Crippen LogP contribution in [0.2, 0.25) is 0 Å². The molecule has 1 heterocycles. The second-order valence-electron chi connectivity index (χ2n) is 4.54. The average molecular weight is 228 g/mol. The first-order valence-electron chi connectivity index (χ1n) is 6.17. The molecular formula is C15H20N2. The SMILES string of the molecule is CCCc1ccc(C)n1-c1cccc(N)c1C. The minimum absolute atomic E-state index is 0.859. The number of hydrogen-bond donors (Lipinski definition) is 1. The summed E-state index contributed by atoms with van der Waals surface area (Å²) < 4.78 is 2.31. The van der Waals surface area contributed by atoms with E-state index in [0.29, 0.717) is 0 Å². The summed E-state index contributed by atoms with van der Waals surface area (Å²) in [7, 11) is 0. The highest BCUT2D eigenvalue weighted by molar-refractivity contribution is 5.58. The molecule has 2 rings (SSSR count). The summed E-state index contributed by atoms with van der Waals surface area (Å²) in [6.07, 6.45) is 2.26. The van der Waals surface area contributed by atoms with Crippen LogP contribution in [0, 0.1) is 13.8 Å². The third-order valence-electron chi connectivity index (χ3n) is 3.25. The molecule has 2 N–H and O–H groups in total. The van der Waals surface area contributed by atoms with E-state index in [2.05, 4.69) is 43.5 Å². The third-order valence-corrected chi connectivity index (χ3v) is 3.25. The fourth-order valence-corrected chi connectivity index (χ4v) is 2.27. The van der Waals surface area contributed by atoms with E-state index in [1.165, 1.54) is 17.1 Å². The van der Waals surface area contributed by atoms with Gasteiger partial charge in [-0.25, -0.2) is 0 Å². The van der Waals surface area contributed by atoms with Gasteiger partial charge in [-0.15, -0.1) is 0 Å². The normalized spacial score (nSPS) is 10.8. The van der Waals surface area contributed by atoms with Crippen molar-refractivity contribution in [2.75, 3.05) is 5.73 Å². The van der Waals surface area contributed by atoms with Gasteiger partial charge in [0.25, 0.3) is 0 Å². The van der Waals surface area contributed by atoms with Gasteiger partial charge in [0.1, 0.15) is 0 Å². The molecule has 17 heavy (non-hydrogen) atoms. The number of hydrogen-bond acceptors (Lipinski definition) is 1. The number of benzene rings is 1. The summed E-state index contributed by atoms with van der Waals surface area (Å²) in [5.41, 5.74) is 11.8. The highest BCUT2D eigenvalue weighted by Gasteiger charge is 2.09. The molecule has 90 valence electrons. The monoisotopic (exact) mass is 228 g/mol. The number of nitrogens with two attached hydrogens (primary N) is 1. The highest BCUT2D eigenvalue weighted by Crippen LogP contribution is 2.24. The Morgan fingerprint density at radius 1 is 1.12 bits per heavy atom. The number of aryl methyl sites for hydroxylation is 2. The smallest absolute Gasteiger partial charge is 0.0504 e. The zero-order chi connectivity index (χ0) is 12.4. The average Bonchev–Trinajstić information content (AvgIpc) is 2.65. The first-order chi connectivity index (χ1) is 8.15. The summed E-state index contributed by atoms with van der Waals surface area (Å²) in [5, 5.41) is 0. The minimum Gasteiger partial charge on any atom is -0.398 e. The van der Waals surface area contributed by atoms with Crippen molar-refractivity contribution < 1.29 is 0 Å². The quantitative estimate of drug-likeness (QED) is 0.799. The van der Waals surface area contributed by atoms with Crippen molar-refractivity contribution in [3.05, 3.63) is 47.3 Å². The van der Waals surface area contributed by atoms with Crippen molar-refractivity contribution in [1.82, 2.24) is 4.57 Å². The van der Waals surface area contributed by atoms with Gasteiger partial charge >= 0.3 is 0 Å². The zero-order valence-electron chi connectivity index (χ0n) is 10.8. The predicted octanol–water partition coefficient (Wildman–Crippen LogP) is 3.63. The maximum Gasteiger partial charge on any atom is 0.0504 e. The van der Waals surface area contributed by atoms with E-state index in [1.807, 2.05) is 12.1 Å². The molecule has 0 amide bonds. The lowest BCUT2D eigenvalue weighted by atomic mass is 10.1. The van der Waals surface area contributed by atoms with Gasteiger partial charge in [0.15, 0.2) is 0 Å². The number of nitrogen functional groups attached to an aromatic ring is 1. The van der Waals surface area contributed by atoms with Crippen molar-refractivity contribution >= 4 is 5.69 Å². The van der Waals surface area contributed by atoms with Gasteiger partial charge in [-0.1, -0.05) is 19.4 Å². The second-order valence-corrected chi connectivity index (χ2v) is 4.54. The van der Waals surface area contributed by atoms with Crippen LogP contribution in [0.15, 0.2) is 30.3 Å². The van der Waals surface area contributed by atoms with Crippen molar-refractivity contribution in [2.24, 2.45) is 0 Å². The summed E-state index contributed by atoms with van der Waals surface area (Å²) >= 11 is 0. The molecule has 1 aromatic carbocycles. The van der Waals surface area contributed by atoms with Crippen molar-refractivity contribution in [3.8, 4) is 5.69 Å². The Labute approximate surface area is 103 Å². The zero-order valence-corrected chi connectivity index (χ0v) is 10.8. The molecule has 0 fully saturated rings. The molecule has 0 atom stereocenters. The summed E-state index contributed by atoms with van der Waals surface area (Å²) in [6.45, 7) is 6.43. The van der Waals surface area contributed by atoms with Crippen LogP contribution in [0.5, 0.6) is 0 Å². The van der Waals surface area contributed by atoms with Gasteiger partial charge in [-0.2, -0.15) is 0 Å². The molecular weight excluding hydrogens is 208 g/mol. The van der Waals surface area contributed by atoms with Crippen LogP contribution in [-0.4, -0.2) is 4.57 Å². The molecule has 1 aromatic heterocycles. The molecule has 2 heteroatoms. The lowest BCUT2D eigenvalue weighted by Gasteiger charge is -2.15. The lowest BCUT2D eigenvalue weighted by molar-refractivity contribution is 0.827. The minimum atomic E-state index is 0.859. The van der Waals surface area contributed by atoms with E-state index in [-0.39, 0.29) is 0 Å². The Morgan fingerprint density at radius 2 is 1.88 bits per heavy atom. The second kappa shape index (κ2) is 4.66. The van der Waals surface area contributed by atoms with Crippen LogP contribution in [0.3, 0.4) is 0 Å². The van der Waals surface area contributed by atoms with Crippen molar-refractivity contribution in [1.29, 1.82) is 0 Å². The van der Waals surface area contributed by atoms with Crippen molar-refractivity contribution in [3.63, 3.8) is 0 Å². The van der Waals surface area contributed by atoms with Crippen LogP contribution in [0.25, 0.3) is 5.69 Å². The van der Waals surface area contributed by atoms with Gasteiger partial charge in [0.05, 0.1) is 5.69 Å². The fraction of sp³-hybridized carbons (Fsp3) is 0.333. The maximum atomic E-state index is 5.99. The van der Waals surface area contributed by atoms with E-state index >= 15 is 0 Å². The molecule has 2 nitrogen and oxygen atoms in total. The van der Waals surface area contributed by atoms with Gasteiger partial charge in [0, 0.05) is 17.1 Å². The standard InChI is InChI=1S/C15H20N2/c1-4-6-13-10-9-11(2)17(13)15-8-5-7-14(16)12(15)3/h5,7-10H,4,6,16H2,1-3H3. The molecule has 0 bridgehead atoms. The molecule has 0 aliphatic rings. The lowest BCUT2D eigenvalue weighted by Crippen LogP contribution is -2.05. The van der Waals surface area contributed by atoms with Crippen LogP contribution >= 0.6 is 0 Å². The topological polar surface area (TPSA) is 30.9 Å². The van der Waals surface area contributed by atoms with E-state index in [4.69, 9.17) is 5.73 Å². The van der Waals surface area contributed by atoms with Gasteiger partial charge in [-0.3, -0.25) is 0 Å². The van der Waals surface area contributed by atoms with Crippen LogP contribution < -0.4 is 5.73 Å². The molecule has 0 aliphatic carbocycles. The Kier molecular flexibility index (Phi) is 3.23. The third kappa shape index (κ3) is 2.07. The largest absolute Gasteiger partial charge is 0.398 e. The Morgan fingerprint density at radius 3 is 2.59 bits per heavy atom. The number of aromatic nitrogens is 1. The van der Waals surface area contributed by atoms with Crippen molar-refractivity contribution in [2.45, 2.75) is 33.6 Å². The fourth-order valence-electron chi connectivity index (χ4n) is 2.27. The number of anilines is 1. The van der Waals surface area contributed by atoms with E-state index in [9.17, 15) is 0 Å². The summed E-state index contributed by atoms with van der Waals surface area (Å²) in [4.78, 5) is 0. The Hall–Kier alpha value is -1.70. The first-order valence-corrected chi connectivity index (χ1v) is 6.17. The summed E-state index contributed by atoms with van der Waals surface area (Å²) in [6, 6.07) is 10.5. The first kappa shape index (κ1) is 11.8. The van der Waals surface area contributed by atoms with Gasteiger partial charge in [0.2, 0.25) is 0 Å². The van der Waals surface area contributed by atoms with Gasteiger partial charge in [-0.05, 0) is 50.1 Å². The molecule has 0 radical (unpaired) electrons. The predicted molar refractivity (Wildman–Crippen MR) is 73.7 cm³/mol. The molecule has 0 saturated heterocycles. The molecule has 0 spiro atoms. The molecule has 0 unspecified atom stereocenters. The Bertz CT molecular complexity index is 524. The van der Waals surface area contributed by atoms with Crippen LogP contribution in [-0.2, 0) is 6.42 Å². The van der Waals surface area contributed by atoms with Crippen LogP contribution in [0.4, 0.5) is 5.69 Å². The number of nitrogens with zero attached hydrogens (tertiary/aromatic N) is 1. The van der Waals surface area contributed by atoms with E-state index < -0.39 is 0 Å². The molecule has 0 aliphatic heterocycles. The highest BCUT2D eigenvalue weighted by atomic mass is 15.0. The summed E-state index contributed by atoms with van der Waals surface area (Å²) in [5.74, 6) is 0. The maximum absolute atomic E-state index is 5.99.